The molecule has 2 aromatic carbocycles. The number of hydrogen-bond acceptors (Lipinski definition) is 3. The van der Waals surface area contributed by atoms with E-state index in [-0.39, 0.29) is 6.04 Å². The van der Waals surface area contributed by atoms with Crippen LogP contribution < -0.4 is 10.1 Å². The van der Waals surface area contributed by atoms with Gasteiger partial charge in [0, 0.05) is 11.7 Å². The molecule has 2 aromatic rings. The van der Waals surface area contributed by atoms with E-state index in [0.717, 1.165) is 17.0 Å². The van der Waals surface area contributed by atoms with E-state index in [0.29, 0.717) is 5.75 Å². The first-order chi connectivity index (χ1) is 9.10. The Bertz CT molecular complexity index is 549. The van der Waals surface area contributed by atoms with E-state index in [2.05, 4.69) is 12.2 Å². The average molecular weight is 257 g/mol. The standard InChI is InChI=1S/C16H19NO2/c1-11-10-14(6-9-16(11)18)17-12(2)13-4-7-15(19-3)8-5-13/h4-10,12,17-18H,1-3H3. The van der Waals surface area contributed by atoms with Crippen molar-refractivity contribution in [3.05, 3.63) is 53.6 Å². The van der Waals surface area contributed by atoms with Crippen LogP contribution in [0.3, 0.4) is 0 Å². The second kappa shape index (κ2) is 5.65. The van der Waals surface area contributed by atoms with Gasteiger partial charge in [0.05, 0.1) is 7.11 Å². The summed E-state index contributed by atoms with van der Waals surface area (Å²) in [6.45, 7) is 3.99. The molecule has 0 fully saturated rings. The Balaban J connectivity index is 2.10. The first kappa shape index (κ1) is 13.3. The number of anilines is 1. The van der Waals surface area contributed by atoms with Crippen LogP contribution in [0.1, 0.15) is 24.1 Å². The molecule has 0 bridgehead atoms. The molecule has 1 atom stereocenters. The molecule has 0 aliphatic rings. The number of nitrogens with one attached hydrogen (secondary N) is 1. The quantitative estimate of drug-likeness (QED) is 0.817. The van der Waals surface area contributed by atoms with Gasteiger partial charge in [0.15, 0.2) is 0 Å². The van der Waals surface area contributed by atoms with Crippen molar-refractivity contribution in [3.63, 3.8) is 0 Å². The number of methoxy groups -OCH3 is 1. The van der Waals surface area contributed by atoms with E-state index >= 15 is 0 Å². The zero-order valence-electron chi connectivity index (χ0n) is 11.5. The number of hydrogen-bond donors (Lipinski definition) is 2. The zero-order valence-corrected chi connectivity index (χ0v) is 11.5. The van der Waals surface area contributed by atoms with Crippen LogP contribution in [0.2, 0.25) is 0 Å². The highest BCUT2D eigenvalue weighted by atomic mass is 16.5. The van der Waals surface area contributed by atoms with Gasteiger partial charge in [0.2, 0.25) is 0 Å². The third-order valence-electron chi connectivity index (χ3n) is 3.20. The summed E-state index contributed by atoms with van der Waals surface area (Å²) in [5, 5.41) is 12.9. The molecule has 19 heavy (non-hydrogen) atoms. The van der Waals surface area contributed by atoms with Gasteiger partial charge in [0.1, 0.15) is 11.5 Å². The minimum atomic E-state index is 0.190. The monoisotopic (exact) mass is 257 g/mol. The Morgan fingerprint density at radius 2 is 1.79 bits per heavy atom. The van der Waals surface area contributed by atoms with Crippen molar-refractivity contribution in [2.45, 2.75) is 19.9 Å². The molecule has 0 saturated heterocycles. The Morgan fingerprint density at radius 3 is 2.37 bits per heavy atom. The van der Waals surface area contributed by atoms with Crippen LogP contribution in [0, 0.1) is 6.92 Å². The molecular formula is C16H19NO2. The van der Waals surface area contributed by atoms with Crippen LogP contribution in [0.25, 0.3) is 0 Å². The van der Waals surface area contributed by atoms with Gasteiger partial charge in [-0.05, 0) is 55.3 Å². The fraction of sp³-hybridized carbons (Fsp3) is 0.250. The molecule has 1 unspecified atom stereocenters. The summed E-state index contributed by atoms with van der Waals surface area (Å²) in [5.41, 5.74) is 3.05. The molecule has 0 amide bonds. The van der Waals surface area contributed by atoms with Crippen molar-refractivity contribution in [2.75, 3.05) is 12.4 Å². The van der Waals surface area contributed by atoms with E-state index in [1.807, 2.05) is 43.3 Å². The molecule has 0 heterocycles. The van der Waals surface area contributed by atoms with Crippen LogP contribution in [0.5, 0.6) is 11.5 Å². The number of ether oxygens (including phenoxy) is 1. The number of phenolic OH excluding ortho intramolecular Hbond substituents is 1. The maximum Gasteiger partial charge on any atom is 0.118 e. The lowest BCUT2D eigenvalue weighted by molar-refractivity contribution is 0.414. The van der Waals surface area contributed by atoms with Crippen molar-refractivity contribution >= 4 is 5.69 Å². The number of phenols is 1. The predicted octanol–water partition coefficient (Wildman–Crippen LogP) is 3.88. The summed E-state index contributed by atoms with van der Waals surface area (Å²) < 4.78 is 5.15. The summed E-state index contributed by atoms with van der Waals surface area (Å²) >= 11 is 0. The third kappa shape index (κ3) is 3.19. The van der Waals surface area contributed by atoms with Crippen molar-refractivity contribution < 1.29 is 9.84 Å². The van der Waals surface area contributed by atoms with Crippen LogP contribution >= 0.6 is 0 Å². The topological polar surface area (TPSA) is 41.5 Å². The second-order valence-electron chi connectivity index (χ2n) is 4.64. The molecule has 2 rings (SSSR count). The minimum Gasteiger partial charge on any atom is -0.508 e. The molecule has 3 heteroatoms. The van der Waals surface area contributed by atoms with E-state index in [9.17, 15) is 5.11 Å². The van der Waals surface area contributed by atoms with E-state index in [1.54, 1.807) is 13.2 Å². The average Bonchev–Trinajstić information content (AvgIpc) is 2.43. The normalized spacial score (nSPS) is 11.9. The molecule has 0 saturated carbocycles. The minimum absolute atomic E-state index is 0.190. The molecule has 0 aliphatic carbocycles. The third-order valence-corrected chi connectivity index (χ3v) is 3.20. The summed E-state index contributed by atoms with van der Waals surface area (Å²) in [6, 6.07) is 13.7. The first-order valence-electron chi connectivity index (χ1n) is 6.30. The number of rotatable bonds is 4. The highest BCUT2D eigenvalue weighted by Crippen LogP contribution is 2.25. The largest absolute Gasteiger partial charge is 0.508 e. The number of aromatic hydroxyl groups is 1. The second-order valence-corrected chi connectivity index (χ2v) is 4.64. The highest BCUT2D eigenvalue weighted by molar-refractivity contribution is 5.51. The molecule has 0 aromatic heterocycles. The number of benzene rings is 2. The highest BCUT2D eigenvalue weighted by Gasteiger charge is 2.06. The van der Waals surface area contributed by atoms with Crippen LogP contribution in [-0.4, -0.2) is 12.2 Å². The maximum atomic E-state index is 9.51. The van der Waals surface area contributed by atoms with Crippen molar-refractivity contribution in [2.24, 2.45) is 0 Å². The smallest absolute Gasteiger partial charge is 0.118 e. The van der Waals surface area contributed by atoms with Crippen LogP contribution in [0.4, 0.5) is 5.69 Å². The molecule has 100 valence electrons. The lowest BCUT2D eigenvalue weighted by Gasteiger charge is -2.16. The molecule has 0 spiro atoms. The van der Waals surface area contributed by atoms with Gasteiger partial charge in [-0.2, -0.15) is 0 Å². The van der Waals surface area contributed by atoms with Gasteiger partial charge in [-0.25, -0.2) is 0 Å². The Hall–Kier alpha value is -2.16. The maximum absolute atomic E-state index is 9.51. The van der Waals surface area contributed by atoms with E-state index in [1.165, 1.54) is 5.56 Å². The Kier molecular flexibility index (Phi) is 3.95. The van der Waals surface area contributed by atoms with E-state index < -0.39 is 0 Å². The molecular weight excluding hydrogens is 238 g/mol. The lowest BCUT2D eigenvalue weighted by Crippen LogP contribution is -2.06. The number of aryl methyl sites for hydroxylation is 1. The van der Waals surface area contributed by atoms with Gasteiger partial charge >= 0.3 is 0 Å². The van der Waals surface area contributed by atoms with Crippen molar-refractivity contribution in [1.29, 1.82) is 0 Å². The van der Waals surface area contributed by atoms with Crippen LogP contribution in [-0.2, 0) is 0 Å². The predicted molar refractivity (Wildman–Crippen MR) is 77.9 cm³/mol. The van der Waals surface area contributed by atoms with Gasteiger partial charge in [-0.15, -0.1) is 0 Å². The molecule has 0 aliphatic heterocycles. The van der Waals surface area contributed by atoms with Crippen molar-refractivity contribution in [3.8, 4) is 11.5 Å². The van der Waals surface area contributed by atoms with Crippen LogP contribution in [0.15, 0.2) is 42.5 Å². The summed E-state index contributed by atoms with van der Waals surface area (Å²) in [7, 11) is 1.66. The molecule has 0 radical (unpaired) electrons. The van der Waals surface area contributed by atoms with Gasteiger partial charge < -0.3 is 15.2 Å². The van der Waals surface area contributed by atoms with Gasteiger partial charge in [-0.1, -0.05) is 12.1 Å². The summed E-state index contributed by atoms with van der Waals surface area (Å²) in [5.74, 6) is 1.18. The van der Waals surface area contributed by atoms with Gasteiger partial charge in [-0.3, -0.25) is 0 Å². The van der Waals surface area contributed by atoms with E-state index in [4.69, 9.17) is 4.74 Å². The SMILES string of the molecule is COc1ccc(C(C)Nc2ccc(O)c(C)c2)cc1. The Labute approximate surface area is 113 Å². The molecule has 3 nitrogen and oxygen atoms in total. The van der Waals surface area contributed by atoms with Crippen molar-refractivity contribution in [1.82, 2.24) is 0 Å². The fourth-order valence-corrected chi connectivity index (χ4v) is 1.97. The Morgan fingerprint density at radius 1 is 1.11 bits per heavy atom. The van der Waals surface area contributed by atoms with Gasteiger partial charge in [0.25, 0.3) is 0 Å². The molecule has 2 N–H and O–H groups in total. The summed E-state index contributed by atoms with van der Waals surface area (Å²) in [6.07, 6.45) is 0. The summed E-state index contributed by atoms with van der Waals surface area (Å²) in [4.78, 5) is 0. The first-order valence-corrected chi connectivity index (χ1v) is 6.30. The fourth-order valence-electron chi connectivity index (χ4n) is 1.97. The zero-order chi connectivity index (χ0) is 13.8. The lowest BCUT2D eigenvalue weighted by atomic mass is 10.1.